The van der Waals surface area contributed by atoms with E-state index in [2.05, 4.69) is 53.3 Å². The van der Waals surface area contributed by atoms with Gasteiger partial charge in [0.05, 0.1) is 5.69 Å². The Labute approximate surface area is 183 Å². The van der Waals surface area contributed by atoms with Crippen molar-refractivity contribution in [3.63, 3.8) is 0 Å². The largest absolute Gasteiger partial charge is 0.352 e. The van der Waals surface area contributed by atoms with Crippen LogP contribution in [0, 0.1) is 27.7 Å². The molecule has 0 radical (unpaired) electrons. The molecule has 2 heterocycles. The lowest BCUT2D eigenvalue weighted by molar-refractivity contribution is 0.208. The Morgan fingerprint density at radius 3 is 2.26 bits per heavy atom. The highest BCUT2D eigenvalue weighted by atomic mass is 16.2. The minimum Gasteiger partial charge on any atom is -0.352 e. The lowest BCUT2D eigenvalue weighted by Gasteiger charge is -2.35. The first-order valence-electron chi connectivity index (χ1n) is 10.7. The summed E-state index contributed by atoms with van der Waals surface area (Å²) in [6.45, 7) is 11.1. The molecule has 4 rings (SSSR count). The Balaban J connectivity index is 1.38. The van der Waals surface area contributed by atoms with E-state index in [1.165, 1.54) is 16.7 Å². The van der Waals surface area contributed by atoms with Gasteiger partial charge in [-0.05, 0) is 80.3 Å². The Morgan fingerprint density at radius 2 is 1.58 bits per heavy atom. The molecule has 1 fully saturated rings. The van der Waals surface area contributed by atoms with Gasteiger partial charge in [0.1, 0.15) is 0 Å². The van der Waals surface area contributed by atoms with Crippen LogP contribution in [0.25, 0.3) is 11.3 Å². The van der Waals surface area contributed by atoms with Gasteiger partial charge in [0.2, 0.25) is 0 Å². The van der Waals surface area contributed by atoms with E-state index in [0.29, 0.717) is 13.1 Å². The van der Waals surface area contributed by atoms with Gasteiger partial charge in [-0.2, -0.15) is 0 Å². The number of hydrogen-bond acceptors (Lipinski definition) is 4. The molecule has 0 aliphatic carbocycles. The number of urea groups is 1. The second kappa shape index (κ2) is 8.76. The minimum atomic E-state index is -0.0584. The zero-order valence-electron chi connectivity index (χ0n) is 18.6. The number of rotatable bonds is 3. The smallest absolute Gasteiger partial charge is 0.321 e. The number of anilines is 2. The van der Waals surface area contributed by atoms with E-state index in [4.69, 9.17) is 0 Å². The highest BCUT2D eigenvalue weighted by Crippen LogP contribution is 2.25. The molecule has 1 aliphatic heterocycles. The second-order valence-electron chi connectivity index (χ2n) is 8.30. The number of carbonyl (C=O) groups excluding carboxylic acids is 1. The van der Waals surface area contributed by atoms with Crippen LogP contribution in [0.15, 0.2) is 48.5 Å². The number of aryl methyl sites for hydroxylation is 4. The highest BCUT2D eigenvalue weighted by Gasteiger charge is 2.22. The molecule has 160 valence electrons. The normalized spacial score (nSPS) is 13.9. The zero-order valence-corrected chi connectivity index (χ0v) is 18.6. The molecular weight excluding hydrogens is 386 g/mol. The first-order chi connectivity index (χ1) is 14.9. The van der Waals surface area contributed by atoms with Gasteiger partial charge >= 0.3 is 6.03 Å². The summed E-state index contributed by atoms with van der Waals surface area (Å²) in [7, 11) is 0. The summed E-state index contributed by atoms with van der Waals surface area (Å²) in [5.74, 6) is 0.851. The molecule has 1 N–H and O–H groups in total. The molecule has 31 heavy (non-hydrogen) atoms. The molecule has 0 unspecified atom stereocenters. The zero-order chi connectivity index (χ0) is 22.0. The summed E-state index contributed by atoms with van der Waals surface area (Å²) < 4.78 is 0. The van der Waals surface area contributed by atoms with Crippen molar-refractivity contribution >= 4 is 17.5 Å². The molecule has 6 nitrogen and oxygen atoms in total. The summed E-state index contributed by atoms with van der Waals surface area (Å²) >= 11 is 0. The molecule has 0 spiro atoms. The van der Waals surface area contributed by atoms with Crippen LogP contribution in [0.2, 0.25) is 0 Å². The maximum absolute atomic E-state index is 12.6. The van der Waals surface area contributed by atoms with Crippen LogP contribution >= 0.6 is 0 Å². The summed E-state index contributed by atoms with van der Waals surface area (Å²) in [5.41, 5.74) is 7.72. The first kappa shape index (κ1) is 20.8. The van der Waals surface area contributed by atoms with Crippen LogP contribution < -0.4 is 10.2 Å². The van der Waals surface area contributed by atoms with E-state index in [9.17, 15) is 4.79 Å². The quantitative estimate of drug-likeness (QED) is 0.672. The number of hydrogen-bond donors (Lipinski definition) is 1. The van der Waals surface area contributed by atoms with Crippen LogP contribution in [0.3, 0.4) is 0 Å². The molecule has 0 atom stereocenters. The molecular formula is C25H29N5O. The van der Waals surface area contributed by atoms with Gasteiger partial charge in [0.15, 0.2) is 5.82 Å². The minimum absolute atomic E-state index is 0.0584. The van der Waals surface area contributed by atoms with E-state index >= 15 is 0 Å². The number of nitrogens with one attached hydrogen (secondary N) is 1. The third-order valence-corrected chi connectivity index (χ3v) is 5.93. The average molecular weight is 416 g/mol. The lowest BCUT2D eigenvalue weighted by atomic mass is 9.99. The van der Waals surface area contributed by atoms with Crippen molar-refractivity contribution in [1.29, 1.82) is 0 Å². The number of piperazine rings is 1. The number of benzene rings is 2. The average Bonchev–Trinajstić information content (AvgIpc) is 2.76. The molecule has 2 amide bonds. The summed E-state index contributed by atoms with van der Waals surface area (Å²) in [4.78, 5) is 16.6. The van der Waals surface area contributed by atoms with E-state index in [-0.39, 0.29) is 6.03 Å². The fraction of sp³-hybridized carbons (Fsp3) is 0.320. The fourth-order valence-corrected chi connectivity index (χ4v) is 3.94. The van der Waals surface area contributed by atoms with Gasteiger partial charge in [0, 0.05) is 37.4 Å². The predicted octanol–water partition coefficient (Wildman–Crippen LogP) is 4.73. The van der Waals surface area contributed by atoms with Gasteiger partial charge < -0.3 is 15.1 Å². The molecule has 1 saturated heterocycles. The van der Waals surface area contributed by atoms with E-state index in [1.807, 2.05) is 48.2 Å². The molecule has 1 aromatic heterocycles. The van der Waals surface area contributed by atoms with Gasteiger partial charge in [0.25, 0.3) is 0 Å². The van der Waals surface area contributed by atoms with Gasteiger partial charge in [-0.3, -0.25) is 0 Å². The third kappa shape index (κ3) is 4.68. The number of aromatic nitrogens is 2. The molecule has 0 saturated carbocycles. The maximum Gasteiger partial charge on any atom is 0.321 e. The van der Waals surface area contributed by atoms with Gasteiger partial charge in [-0.1, -0.05) is 18.2 Å². The summed E-state index contributed by atoms with van der Waals surface area (Å²) in [6, 6.07) is 16.2. The van der Waals surface area contributed by atoms with Crippen molar-refractivity contribution in [2.24, 2.45) is 0 Å². The van der Waals surface area contributed by atoms with Gasteiger partial charge in [-0.25, -0.2) is 4.79 Å². The molecule has 3 aromatic rings. The van der Waals surface area contributed by atoms with Crippen molar-refractivity contribution in [3.05, 3.63) is 70.8 Å². The van der Waals surface area contributed by atoms with Crippen LogP contribution in [0.5, 0.6) is 0 Å². The monoisotopic (exact) mass is 415 g/mol. The Kier molecular flexibility index (Phi) is 5.89. The molecule has 1 aliphatic rings. The van der Waals surface area contributed by atoms with Crippen LogP contribution in [0.1, 0.15) is 22.3 Å². The van der Waals surface area contributed by atoms with E-state index < -0.39 is 0 Å². The SMILES string of the molecule is Cc1cccc(NC(=O)N2CCN(c3ccc(-c4cc(C)c(C)cc4C)nn3)CC2)c1. The molecule has 2 aromatic carbocycles. The summed E-state index contributed by atoms with van der Waals surface area (Å²) in [5, 5.41) is 12.0. The summed E-state index contributed by atoms with van der Waals surface area (Å²) in [6.07, 6.45) is 0. The van der Waals surface area contributed by atoms with Crippen molar-refractivity contribution in [3.8, 4) is 11.3 Å². The molecule has 0 bridgehead atoms. The number of amides is 2. The van der Waals surface area contributed by atoms with Crippen molar-refractivity contribution in [2.45, 2.75) is 27.7 Å². The Morgan fingerprint density at radius 1 is 0.839 bits per heavy atom. The Hall–Kier alpha value is -3.41. The number of carbonyl (C=O) groups is 1. The maximum atomic E-state index is 12.6. The van der Waals surface area contributed by atoms with E-state index in [1.54, 1.807) is 0 Å². The third-order valence-electron chi connectivity index (χ3n) is 5.93. The van der Waals surface area contributed by atoms with Crippen molar-refractivity contribution in [2.75, 3.05) is 36.4 Å². The fourth-order valence-electron chi connectivity index (χ4n) is 3.94. The van der Waals surface area contributed by atoms with Gasteiger partial charge in [-0.15, -0.1) is 10.2 Å². The Bertz CT molecular complexity index is 1090. The highest BCUT2D eigenvalue weighted by molar-refractivity contribution is 5.89. The standard InChI is InChI=1S/C25H29N5O/c1-17-6-5-7-21(14-17)26-25(31)30-12-10-29(11-13-30)24-9-8-23(27-28-24)22-16-19(3)18(2)15-20(22)4/h5-9,14-16H,10-13H2,1-4H3,(H,26,31). The second-order valence-corrected chi connectivity index (χ2v) is 8.30. The van der Waals surface area contributed by atoms with E-state index in [0.717, 1.165) is 41.4 Å². The number of nitrogens with zero attached hydrogens (tertiary/aromatic N) is 4. The van der Waals surface area contributed by atoms with Crippen LogP contribution in [-0.2, 0) is 0 Å². The van der Waals surface area contributed by atoms with Crippen LogP contribution in [-0.4, -0.2) is 47.3 Å². The molecule has 6 heteroatoms. The topological polar surface area (TPSA) is 61.4 Å². The van der Waals surface area contributed by atoms with Crippen LogP contribution in [0.4, 0.5) is 16.3 Å². The lowest BCUT2D eigenvalue weighted by Crippen LogP contribution is -2.50. The first-order valence-corrected chi connectivity index (χ1v) is 10.7. The van der Waals surface area contributed by atoms with Crippen molar-refractivity contribution in [1.82, 2.24) is 15.1 Å². The predicted molar refractivity (Wildman–Crippen MR) is 126 cm³/mol. The van der Waals surface area contributed by atoms with Crippen molar-refractivity contribution < 1.29 is 4.79 Å².